The monoisotopic (exact) mass is 542 g/mol. The van der Waals surface area contributed by atoms with E-state index in [0.29, 0.717) is 10.8 Å². The van der Waals surface area contributed by atoms with Gasteiger partial charge in [0.1, 0.15) is 0 Å². The molecule has 0 aromatic heterocycles. The van der Waals surface area contributed by atoms with Crippen LogP contribution in [0.1, 0.15) is 133 Å². The summed E-state index contributed by atoms with van der Waals surface area (Å²) in [5.74, 6) is 1.76. The van der Waals surface area contributed by atoms with Crippen LogP contribution in [0, 0.1) is 22.7 Å². The Morgan fingerprint density at radius 1 is 0.800 bits per heavy atom. The Morgan fingerprint density at radius 2 is 1.48 bits per heavy atom. The van der Waals surface area contributed by atoms with Gasteiger partial charge < -0.3 is 0 Å². The second kappa shape index (κ2) is 16.4. The molecule has 40 heavy (non-hydrogen) atoms. The van der Waals surface area contributed by atoms with Gasteiger partial charge >= 0.3 is 0 Å². The molecule has 0 aromatic rings. The molecular weight excluding hydrogens is 480 g/mol. The third-order valence-corrected chi connectivity index (χ3v) is 9.68. The Labute approximate surface area is 249 Å². The van der Waals surface area contributed by atoms with Crippen molar-refractivity contribution in [3.63, 3.8) is 0 Å². The van der Waals surface area contributed by atoms with Gasteiger partial charge in [-0.3, -0.25) is 0 Å². The Kier molecular flexibility index (Phi) is 14.0. The zero-order valence-corrected chi connectivity index (χ0v) is 28.0. The number of allylic oxidation sites excluding steroid dienone is 16. The molecule has 2 rings (SSSR count). The van der Waals surface area contributed by atoms with Gasteiger partial charge in [-0.05, 0) is 114 Å². The molecule has 0 nitrogen and oxygen atoms in total. The van der Waals surface area contributed by atoms with Crippen LogP contribution in [-0.4, -0.2) is 0 Å². The average Bonchev–Trinajstić information content (AvgIpc) is 2.85. The van der Waals surface area contributed by atoms with E-state index in [9.17, 15) is 0 Å². The van der Waals surface area contributed by atoms with Crippen LogP contribution < -0.4 is 0 Å². The highest BCUT2D eigenvalue weighted by atomic mass is 14.4. The van der Waals surface area contributed by atoms with Gasteiger partial charge in [-0.2, -0.15) is 0 Å². The predicted molar refractivity (Wildman–Crippen MR) is 182 cm³/mol. The highest BCUT2D eigenvalue weighted by molar-refractivity contribution is 5.37. The first-order valence-corrected chi connectivity index (χ1v) is 16.2. The summed E-state index contributed by atoms with van der Waals surface area (Å²) >= 11 is 0. The van der Waals surface area contributed by atoms with Crippen molar-refractivity contribution in [2.75, 3.05) is 0 Å². The third-order valence-electron chi connectivity index (χ3n) is 9.68. The average molecular weight is 543 g/mol. The van der Waals surface area contributed by atoms with Gasteiger partial charge in [0, 0.05) is 0 Å². The number of hydrogen-bond acceptors (Lipinski definition) is 0. The predicted octanol–water partition coefficient (Wildman–Crippen LogP) is 13.0. The summed E-state index contributed by atoms with van der Waals surface area (Å²) in [6.07, 6.45) is 35.5. The minimum atomic E-state index is 0.299. The molecule has 0 bridgehead atoms. The lowest BCUT2D eigenvalue weighted by Gasteiger charge is -2.43. The molecule has 1 fully saturated rings. The van der Waals surface area contributed by atoms with Crippen molar-refractivity contribution in [2.45, 2.75) is 133 Å². The fraction of sp³-hybridized carbons (Fsp3) is 0.600. The van der Waals surface area contributed by atoms with Gasteiger partial charge in [-0.25, -0.2) is 0 Å². The van der Waals surface area contributed by atoms with Gasteiger partial charge in [0.05, 0.1) is 0 Å². The molecular formula is C40H62. The second-order valence-electron chi connectivity index (χ2n) is 14.4. The smallest absolute Gasteiger partial charge is 0.0104 e. The molecule has 0 spiro atoms. The first-order valence-electron chi connectivity index (χ1n) is 16.2. The van der Waals surface area contributed by atoms with Crippen LogP contribution in [0.4, 0.5) is 0 Å². The maximum absolute atomic E-state index is 2.50. The molecule has 2 aliphatic carbocycles. The minimum Gasteiger partial charge on any atom is -0.0853 e. The Balaban J connectivity index is 1.77. The summed E-state index contributed by atoms with van der Waals surface area (Å²) in [5.41, 5.74) is 9.47. The lowest BCUT2D eigenvalue weighted by atomic mass is 9.62. The Bertz CT molecular complexity index is 1050. The van der Waals surface area contributed by atoms with Gasteiger partial charge in [-0.1, -0.05) is 136 Å². The first-order chi connectivity index (χ1) is 18.8. The highest BCUT2D eigenvalue weighted by Gasteiger charge is 2.36. The zero-order chi connectivity index (χ0) is 29.8. The Morgan fingerprint density at radius 3 is 2.17 bits per heavy atom. The van der Waals surface area contributed by atoms with E-state index in [0.717, 1.165) is 24.7 Å². The van der Waals surface area contributed by atoms with E-state index in [-0.39, 0.29) is 0 Å². The normalized spacial score (nSPS) is 25.1. The summed E-state index contributed by atoms with van der Waals surface area (Å²) < 4.78 is 0. The summed E-state index contributed by atoms with van der Waals surface area (Å²) in [4.78, 5) is 0. The second-order valence-corrected chi connectivity index (χ2v) is 14.4. The van der Waals surface area contributed by atoms with Gasteiger partial charge in [0.2, 0.25) is 0 Å². The molecule has 0 radical (unpaired) electrons. The van der Waals surface area contributed by atoms with Crippen LogP contribution in [0.25, 0.3) is 0 Å². The van der Waals surface area contributed by atoms with Crippen molar-refractivity contribution in [3.05, 3.63) is 94.2 Å². The van der Waals surface area contributed by atoms with Crippen molar-refractivity contribution < 1.29 is 0 Å². The van der Waals surface area contributed by atoms with E-state index in [1.165, 1.54) is 73.7 Å². The van der Waals surface area contributed by atoms with Crippen LogP contribution in [0.3, 0.4) is 0 Å². The summed E-state index contributed by atoms with van der Waals surface area (Å²) in [5, 5.41) is 0. The lowest BCUT2D eigenvalue weighted by Crippen LogP contribution is -2.33. The summed E-state index contributed by atoms with van der Waals surface area (Å²) in [6.45, 7) is 23.5. The maximum atomic E-state index is 2.50. The van der Waals surface area contributed by atoms with Gasteiger partial charge in [-0.15, -0.1) is 0 Å². The van der Waals surface area contributed by atoms with Crippen molar-refractivity contribution in [1.29, 1.82) is 0 Å². The third kappa shape index (κ3) is 11.8. The molecule has 0 N–H and O–H groups in total. The summed E-state index contributed by atoms with van der Waals surface area (Å²) in [6, 6.07) is 0. The van der Waals surface area contributed by atoms with E-state index in [1.807, 2.05) is 0 Å². The van der Waals surface area contributed by atoms with Crippen LogP contribution >= 0.6 is 0 Å². The molecule has 2 atom stereocenters. The molecule has 0 heterocycles. The quantitative estimate of drug-likeness (QED) is 0.170. The van der Waals surface area contributed by atoms with Crippen molar-refractivity contribution in [3.8, 4) is 0 Å². The lowest BCUT2D eigenvalue weighted by molar-refractivity contribution is 0.0767. The van der Waals surface area contributed by atoms with Crippen molar-refractivity contribution in [2.24, 2.45) is 22.7 Å². The molecule has 0 amide bonds. The zero-order valence-electron chi connectivity index (χ0n) is 28.0. The summed E-state index contributed by atoms with van der Waals surface area (Å²) in [7, 11) is 0. The molecule has 1 saturated carbocycles. The first kappa shape index (κ1) is 34.1. The Hall–Kier alpha value is -2.08. The fourth-order valence-electron chi connectivity index (χ4n) is 6.94. The number of hydrogen-bond donors (Lipinski definition) is 0. The van der Waals surface area contributed by atoms with E-state index >= 15 is 0 Å². The van der Waals surface area contributed by atoms with Crippen molar-refractivity contribution >= 4 is 0 Å². The number of rotatable bonds is 12. The molecule has 0 aromatic carbocycles. The molecule has 0 aliphatic heterocycles. The maximum Gasteiger partial charge on any atom is -0.0104 e. The van der Waals surface area contributed by atoms with E-state index in [4.69, 9.17) is 0 Å². The van der Waals surface area contributed by atoms with Crippen LogP contribution in [0.5, 0.6) is 0 Å². The van der Waals surface area contributed by atoms with E-state index < -0.39 is 0 Å². The largest absolute Gasteiger partial charge is 0.0853 e. The minimum absolute atomic E-state index is 0.299. The molecule has 0 heteroatoms. The SMILES string of the molecule is CC1=C(/C=C/C(C)=C/C=C/C(C)=C/C=C/C=C(\C)CC/C=C(\C)CC[C@H]2[C@H](C)CCCC2(C)C)C(C)(C)CCC1. The molecule has 0 saturated heterocycles. The van der Waals surface area contributed by atoms with Crippen LogP contribution in [0.15, 0.2) is 94.2 Å². The molecule has 2 aliphatic rings. The van der Waals surface area contributed by atoms with Crippen LogP contribution in [0.2, 0.25) is 0 Å². The molecule has 222 valence electrons. The highest BCUT2D eigenvalue weighted by Crippen LogP contribution is 2.46. The standard InChI is InChI=1S/C40H62/c1-31(19-13-21-33(3)25-27-37-35(5)23-15-29-39(37,7)8)17-11-12-18-32(2)20-14-22-34(4)26-28-38-36(6)24-16-30-40(38,9)10/h11-13,17-19,21-22,25,27,36,38H,14-16,20,23-24,26,28-30H2,1-10H3/b12-11+,19-13+,27-25+,31-17+,32-18+,33-21+,34-22+/t36-,38+/m1/s1. The van der Waals surface area contributed by atoms with E-state index in [2.05, 4.69) is 130 Å². The molecule has 0 unspecified atom stereocenters. The van der Waals surface area contributed by atoms with Gasteiger partial charge in [0.15, 0.2) is 0 Å². The fourth-order valence-corrected chi connectivity index (χ4v) is 6.94. The van der Waals surface area contributed by atoms with Crippen molar-refractivity contribution in [1.82, 2.24) is 0 Å². The topological polar surface area (TPSA) is 0 Å². The van der Waals surface area contributed by atoms with Gasteiger partial charge in [0.25, 0.3) is 0 Å². The van der Waals surface area contributed by atoms with Crippen LogP contribution in [-0.2, 0) is 0 Å². The van der Waals surface area contributed by atoms with E-state index in [1.54, 1.807) is 11.1 Å².